The Morgan fingerprint density at radius 1 is 1.12 bits per heavy atom. The SMILES string of the molecule is C#CCn1nnc2c(C(=O)CCC(=O)c3ccccc3)ncn2c1=O. The molecule has 3 aromatic rings. The van der Waals surface area contributed by atoms with Crippen LogP contribution in [0, 0.1) is 12.3 Å². The van der Waals surface area contributed by atoms with Crippen LogP contribution in [-0.4, -0.2) is 35.9 Å². The first-order valence-electron chi connectivity index (χ1n) is 7.47. The molecule has 0 aliphatic rings. The lowest BCUT2D eigenvalue weighted by Gasteiger charge is -2.01. The van der Waals surface area contributed by atoms with Gasteiger partial charge in [-0.2, -0.15) is 4.68 Å². The summed E-state index contributed by atoms with van der Waals surface area (Å²) in [6.07, 6.45) is 6.37. The van der Waals surface area contributed by atoms with Gasteiger partial charge in [-0.1, -0.05) is 41.5 Å². The minimum atomic E-state index is -0.533. The van der Waals surface area contributed by atoms with Crippen LogP contribution in [0.1, 0.15) is 33.7 Å². The number of aromatic nitrogens is 5. The third-order valence-electron chi connectivity index (χ3n) is 3.60. The third kappa shape index (κ3) is 3.21. The number of hydrogen-bond donors (Lipinski definition) is 0. The molecule has 0 bridgehead atoms. The topological polar surface area (TPSA) is 99.2 Å². The predicted octanol–water partition coefficient (Wildman–Crippen LogP) is 0.765. The quantitative estimate of drug-likeness (QED) is 0.487. The van der Waals surface area contributed by atoms with Gasteiger partial charge in [-0.15, -0.1) is 11.5 Å². The van der Waals surface area contributed by atoms with E-state index in [2.05, 4.69) is 21.2 Å². The van der Waals surface area contributed by atoms with Gasteiger partial charge in [0.2, 0.25) is 0 Å². The lowest BCUT2D eigenvalue weighted by Crippen LogP contribution is -2.29. The van der Waals surface area contributed by atoms with E-state index in [0.29, 0.717) is 5.56 Å². The Hall–Kier alpha value is -3.60. The molecule has 124 valence electrons. The molecule has 1 aromatic carbocycles. The molecule has 0 aliphatic heterocycles. The van der Waals surface area contributed by atoms with Crippen LogP contribution in [0.4, 0.5) is 0 Å². The Bertz CT molecular complexity index is 1040. The van der Waals surface area contributed by atoms with Crippen molar-refractivity contribution in [3.8, 4) is 12.3 Å². The van der Waals surface area contributed by atoms with Crippen molar-refractivity contribution in [1.82, 2.24) is 24.4 Å². The first kappa shape index (κ1) is 16.3. The highest BCUT2D eigenvalue weighted by molar-refractivity contribution is 6.03. The summed E-state index contributed by atoms with van der Waals surface area (Å²) in [6, 6.07) is 8.71. The standard InChI is InChI=1S/C17H13N5O3/c1-2-10-22-17(25)21-11-18-15(16(21)19-20-22)14(24)9-8-13(23)12-6-4-3-5-7-12/h1,3-7,11H,8-10H2. The summed E-state index contributed by atoms with van der Waals surface area (Å²) in [5.41, 5.74) is 0.0746. The number of rotatable bonds is 6. The van der Waals surface area contributed by atoms with Crippen LogP contribution in [0.15, 0.2) is 41.5 Å². The summed E-state index contributed by atoms with van der Waals surface area (Å²) in [6.45, 7) is -0.0329. The largest absolute Gasteiger partial charge is 0.353 e. The molecule has 0 unspecified atom stereocenters. The minimum absolute atomic E-state index is 0.0123. The zero-order valence-electron chi connectivity index (χ0n) is 13.1. The van der Waals surface area contributed by atoms with Crippen LogP contribution in [0.25, 0.3) is 5.65 Å². The van der Waals surface area contributed by atoms with E-state index in [4.69, 9.17) is 6.42 Å². The van der Waals surface area contributed by atoms with Crippen molar-refractivity contribution in [3.05, 3.63) is 58.4 Å². The van der Waals surface area contributed by atoms with Crippen LogP contribution in [0.5, 0.6) is 0 Å². The first-order valence-corrected chi connectivity index (χ1v) is 7.47. The van der Waals surface area contributed by atoms with Crippen molar-refractivity contribution in [2.45, 2.75) is 19.4 Å². The van der Waals surface area contributed by atoms with E-state index < -0.39 is 5.69 Å². The normalized spacial score (nSPS) is 10.5. The third-order valence-corrected chi connectivity index (χ3v) is 3.60. The van der Waals surface area contributed by atoms with Crippen LogP contribution in [0.3, 0.4) is 0 Å². The minimum Gasteiger partial charge on any atom is -0.294 e. The second kappa shape index (κ2) is 6.88. The van der Waals surface area contributed by atoms with E-state index in [9.17, 15) is 14.4 Å². The smallest absolute Gasteiger partial charge is 0.294 e. The number of fused-ring (bicyclic) bond motifs is 1. The molecule has 2 heterocycles. The van der Waals surface area contributed by atoms with Gasteiger partial charge >= 0.3 is 5.69 Å². The number of carbonyl (C=O) groups is 2. The van der Waals surface area contributed by atoms with Crippen LogP contribution in [-0.2, 0) is 6.54 Å². The molecule has 0 saturated carbocycles. The van der Waals surface area contributed by atoms with E-state index in [1.807, 2.05) is 6.07 Å². The monoisotopic (exact) mass is 335 g/mol. The van der Waals surface area contributed by atoms with Crippen molar-refractivity contribution >= 4 is 17.2 Å². The lowest BCUT2D eigenvalue weighted by molar-refractivity contribution is 0.0916. The highest BCUT2D eigenvalue weighted by Gasteiger charge is 2.18. The molecule has 8 heteroatoms. The van der Waals surface area contributed by atoms with Gasteiger partial charge in [-0.3, -0.25) is 9.59 Å². The maximum absolute atomic E-state index is 12.3. The Kier molecular flexibility index (Phi) is 4.48. The van der Waals surface area contributed by atoms with Crippen molar-refractivity contribution in [2.75, 3.05) is 0 Å². The zero-order chi connectivity index (χ0) is 17.8. The van der Waals surface area contributed by atoms with Gasteiger partial charge in [0.1, 0.15) is 12.9 Å². The van der Waals surface area contributed by atoms with Gasteiger partial charge in [0.25, 0.3) is 0 Å². The summed E-state index contributed by atoms with van der Waals surface area (Å²) in [5.74, 6) is 1.77. The average molecular weight is 335 g/mol. The molecule has 25 heavy (non-hydrogen) atoms. The van der Waals surface area contributed by atoms with Gasteiger partial charge in [0.05, 0.1) is 0 Å². The highest BCUT2D eigenvalue weighted by Crippen LogP contribution is 2.11. The number of hydrogen-bond acceptors (Lipinski definition) is 6. The average Bonchev–Trinajstić information content (AvgIpc) is 3.07. The van der Waals surface area contributed by atoms with Crippen molar-refractivity contribution < 1.29 is 9.59 Å². The zero-order valence-corrected chi connectivity index (χ0v) is 13.1. The number of Topliss-reactive ketones (excluding diaryl/α,β-unsaturated/α-hetero) is 2. The maximum Gasteiger partial charge on any atom is 0.353 e. The van der Waals surface area contributed by atoms with Gasteiger partial charge in [0, 0.05) is 18.4 Å². The molecular weight excluding hydrogens is 322 g/mol. The van der Waals surface area contributed by atoms with Gasteiger partial charge in [0.15, 0.2) is 22.9 Å². The van der Waals surface area contributed by atoms with Crippen LogP contribution in [0.2, 0.25) is 0 Å². The first-order chi connectivity index (χ1) is 12.1. The van der Waals surface area contributed by atoms with Crippen molar-refractivity contribution in [2.24, 2.45) is 0 Å². The summed E-state index contributed by atoms with van der Waals surface area (Å²) in [7, 11) is 0. The number of benzene rings is 1. The van der Waals surface area contributed by atoms with Crippen LogP contribution < -0.4 is 5.69 Å². The van der Waals surface area contributed by atoms with Gasteiger partial charge < -0.3 is 0 Å². The van der Waals surface area contributed by atoms with E-state index in [1.165, 1.54) is 6.33 Å². The fourth-order valence-corrected chi connectivity index (χ4v) is 2.33. The highest BCUT2D eigenvalue weighted by atomic mass is 16.2. The second-order valence-corrected chi connectivity index (χ2v) is 5.23. The molecule has 8 nitrogen and oxygen atoms in total. The summed E-state index contributed by atoms with van der Waals surface area (Å²) < 4.78 is 2.10. The molecule has 0 spiro atoms. The van der Waals surface area contributed by atoms with Gasteiger partial charge in [-0.05, 0) is 0 Å². The Labute approximate surface area is 142 Å². The number of carbonyl (C=O) groups excluding carboxylic acids is 2. The van der Waals surface area contributed by atoms with E-state index in [1.54, 1.807) is 24.3 Å². The fraction of sp³-hybridized carbons (Fsp3) is 0.176. The molecule has 0 radical (unpaired) electrons. The Morgan fingerprint density at radius 2 is 1.84 bits per heavy atom. The number of nitrogens with zero attached hydrogens (tertiary/aromatic N) is 5. The summed E-state index contributed by atoms with van der Waals surface area (Å²) in [4.78, 5) is 40.5. The molecular formula is C17H13N5O3. The summed E-state index contributed by atoms with van der Waals surface area (Å²) >= 11 is 0. The van der Waals surface area contributed by atoms with Crippen molar-refractivity contribution in [1.29, 1.82) is 0 Å². The Morgan fingerprint density at radius 3 is 2.56 bits per heavy atom. The summed E-state index contributed by atoms with van der Waals surface area (Å²) in [5, 5.41) is 7.52. The molecule has 0 atom stereocenters. The van der Waals surface area contributed by atoms with E-state index in [-0.39, 0.29) is 42.3 Å². The van der Waals surface area contributed by atoms with Gasteiger partial charge in [-0.25, -0.2) is 14.2 Å². The molecule has 0 N–H and O–H groups in total. The molecule has 0 aliphatic carbocycles. The fourth-order valence-electron chi connectivity index (χ4n) is 2.33. The second-order valence-electron chi connectivity index (χ2n) is 5.23. The van der Waals surface area contributed by atoms with Crippen molar-refractivity contribution in [3.63, 3.8) is 0 Å². The molecule has 2 aromatic heterocycles. The maximum atomic E-state index is 12.3. The predicted molar refractivity (Wildman–Crippen MR) is 88.2 cm³/mol. The molecule has 3 rings (SSSR count). The molecule has 0 amide bonds. The lowest BCUT2D eigenvalue weighted by atomic mass is 10.0. The van der Waals surface area contributed by atoms with E-state index >= 15 is 0 Å². The molecule has 0 fully saturated rings. The number of terminal acetylenes is 1. The molecule has 0 saturated heterocycles. The Balaban J connectivity index is 1.79. The number of ketones is 2. The number of imidazole rings is 1. The van der Waals surface area contributed by atoms with E-state index in [0.717, 1.165) is 9.08 Å². The van der Waals surface area contributed by atoms with Crippen LogP contribution >= 0.6 is 0 Å².